The molecular formula is C6H7N2O3. The van der Waals surface area contributed by atoms with E-state index in [2.05, 4.69) is 4.98 Å². The van der Waals surface area contributed by atoms with E-state index in [9.17, 15) is 14.7 Å². The summed E-state index contributed by atoms with van der Waals surface area (Å²) in [4.78, 5) is 23.8. The van der Waals surface area contributed by atoms with E-state index in [0.29, 0.717) is 4.57 Å². The van der Waals surface area contributed by atoms with Crippen molar-refractivity contribution in [2.24, 2.45) is 0 Å². The van der Waals surface area contributed by atoms with Crippen LogP contribution in [0, 0.1) is 0 Å². The molecule has 0 aliphatic heterocycles. The van der Waals surface area contributed by atoms with Crippen molar-refractivity contribution in [1.82, 2.24) is 9.55 Å². The monoisotopic (exact) mass is 155 g/mol. The smallest absolute Gasteiger partial charge is 0.314 e. The first-order chi connectivity index (χ1) is 5.13. The van der Waals surface area contributed by atoms with Crippen molar-refractivity contribution in [2.75, 3.05) is 0 Å². The van der Waals surface area contributed by atoms with Gasteiger partial charge in [-0.05, 0) is 6.92 Å². The molecule has 0 amide bonds. The zero-order valence-corrected chi connectivity index (χ0v) is 5.90. The van der Waals surface area contributed by atoms with Crippen molar-refractivity contribution in [3.8, 4) is 0 Å². The molecule has 1 radical (unpaired) electrons. The molecule has 1 rings (SSSR count). The maximum Gasteiger partial charge on any atom is 0.330 e. The van der Waals surface area contributed by atoms with Gasteiger partial charge in [0.05, 0.1) is 0 Å². The Morgan fingerprint density at radius 3 is 2.55 bits per heavy atom. The van der Waals surface area contributed by atoms with E-state index in [4.69, 9.17) is 0 Å². The lowest BCUT2D eigenvalue weighted by Gasteiger charge is -2.02. The van der Waals surface area contributed by atoms with Crippen LogP contribution >= 0.6 is 0 Å². The summed E-state index contributed by atoms with van der Waals surface area (Å²) in [6.45, 7) is 1.23. The maximum absolute atomic E-state index is 10.8. The maximum atomic E-state index is 10.8. The summed E-state index contributed by atoms with van der Waals surface area (Å²) in [7, 11) is 0. The molecule has 1 N–H and O–H groups in total. The van der Waals surface area contributed by atoms with E-state index >= 15 is 0 Å². The van der Waals surface area contributed by atoms with Crippen molar-refractivity contribution in [3.63, 3.8) is 0 Å². The molecule has 1 heterocycles. The number of hydrogen-bond acceptors (Lipinski definition) is 2. The lowest BCUT2D eigenvalue weighted by atomic mass is 10.5. The molecule has 1 atom stereocenters. The first kappa shape index (κ1) is 7.74. The van der Waals surface area contributed by atoms with Crippen molar-refractivity contribution in [2.45, 2.75) is 13.2 Å². The fraction of sp³-hybridized carbons (Fsp3) is 0.333. The zero-order valence-electron chi connectivity index (χ0n) is 5.90. The minimum Gasteiger partial charge on any atom is -0.314 e. The second-order valence-corrected chi connectivity index (χ2v) is 2.09. The van der Waals surface area contributed by atoms with Crippen molar-refractivity contribution >= 4 is 0 Å². The second kappa shape index (κ2) is 2.71. The molecule has 0 aliphatic carbocycles. The summed E-state index contributed by atoms with van der Waals surface area (Å²) >= 11 is 0. The molecular weight excluding hydrogens is 148 g/mol. The van der Waals surface area contributed by atoms with E-state index in [1.54, 1.807) is 0 Å². The predicted molar refractivity (Wildman–Crippen MR) is 36.7 cm³/mol. The van der Waals surface area contributed by atoms with Crippen LogP contribution in [0.4, 0.5) is 0 Å². The number of nitrogens with zero attached hydrogens (tertiary/aromatic N) is 1. The van der Waals surface area contributed by atoms with Crippen molar-refractivity contribution < 1.29 is 5.11 Å². The molecule has 5 nitrogen and oxygen atoms in total. The van der Waals surface area contributed by atoms with Crippen molar-refractivity contribution in [3.05, 3.63) is 33.1 Å². The summed E-state index contributed by atoms with van der Waals surface area (Å²) in [6, 6.07) is 1.13. The highest BCUT2D eigenvalue weighted by atomic mass is 16.3. The van der Waals surface area contributed by atoms with Crippen LogP contribution in [0.25, 0.3) is 0 Å². The summed E-state index contributed by atoms with van der Waals surface area (Å²) in [5, 5.41) is 10.7. The first-order valence-electron chi connectivity index (χ1n) is 3.09. The number of rotatable bonds is 1. The van der Waals surface area contributed by atoms with Gasteiger partial charge in [0.25, 0.3) is 5.56 Å². The predicted octanol–water partition coefficient (Wildman–Crippen LogP) is -0.514. The van der Waals surface area contributed by atoms with Crippen LogP contribution in [0.15, 0.2) is 21.9 Å². The number of hydrogen-bond donors (Lipinski definition) is 1. The standard InChI is InChI=1S/C6H7N2O3/c1-4(9)8-5(10)2-3-7-6(8)11/h2-4H,1H3,(H,7,11). The fourth-order valence-corrected chi connectivity index (χ4v) is 0.778. The van der Waals surface area contributed by atoms with Gasteiger partial charge >= 0.3 is 5.69 Å². The number of nitrogens with one attached hydrogen (secondary N) is 1. The Bertz CT molecular complexity index is 321. The Hall–Kier alpha value is -1.36. The Balaban J connectivity index is 3.45. The second-order valence-electron chi connectivity index (χ2n) is 2.09. The molecule has 59 valence electrons. The van der Waals surface area contributed by atoms with Crippen molar-refractivity contribution in [1.29, 1.82) is 0 Å². The molecule has 0 fully saturated rings. The van der Waals surface area contributed by atoms with Crippen LogP contribution in [0.5, 0.6) is 0 Å². The van der Waals surface area contributed by atoms with Gasteiger partial charge in [-0.2, -0.15) is 0 Å². The number of aromatic nitrogens is 2. The van der Waals surface area contributed by atoms with Gasteiger partial charge in [0.1, 0.15) is 0 Å². The molecule has 0 bridgehead atoms. The highest BCUT2D eigenvalue weighted by molar-refractivity contribution is 4.83. The average Bonchev–Trinajstić information content (AvgIpc) is 1.85. The Morgan fingerprint density at radius 2 is 2.18 bits per heavy atom. The third kappa shape index (κ3) is 1.38. The molecule has 5 heteroatoms. The third-order valence-electron chi connectivity index (χ3n) is 1.25. The van der Waals surface area contributed by atoms with Crippen LogP contribution in [-0.2, 0) is 5.11 Å². The Labute approximate surface area is 61.9 Å². The Kier molecular flexibility index (Phi) is 1.91. The van der Waals surface area contributed by atoms with Crippen LogP contribution < -0.4 is 11.2 Å². The molecule has 1 aromatic heterocycles. The van der Waals surface area contributed by atoms with Gasteiger partial charge in [0.2, 0.25) is 0 Å². The molecule has 0 aromatic carbocycles. The molecule has 0 saturated carbocycles. The summed E-state index contributed by atoms with van der Waals surface area (Å²) < 4.78 is 0.611. The molecule has 1 unspecified atom stereocenters. The van der Waals surface area contributed by atoms with Crippen LogP contribution in [0.3, 0.4) is 0 Å². The molecule has 0 aliphatic rings. The largest absolute Gasteiger partial charge is 0.330 e. The lowest BCUT2D eigenvalue weighted by Crippen LogP contribution is -2.35. The average molecular weight is 155 g/mol. The highest BCUT2D eigenvalue weighted by Gasteiger charge is 2.05. The topological polar surface area (TPSA) is 74.8 Å². The van der Waals surface area contributed by atoms with Gasteiger partial charge in [-0.1, -0.05) is 0 Å². The number of aromatic amines is 1. The van der Waals surface area contributed by atoms with E-state index in [-0.39, 0.29) is 0 Å². The fourth-order valence-electron chi connectivity index (χ4n) is 0.778. The number of H-pyrrole nitrogens is 1. The van der Waals surface area contributed by atoms with Gasteiger partial charge in [-0.15, -0.1) is 0 Å². The highest BCUT2D eigenvalue weighted by Crippen LogP contribution is 1.88. The van der Waals surface area contributed by atoms with Gasteiger partial charge in [-0.3, -0.25) is 4.79 Å². The molecule has 1 aromatic rings. The van der Waals surface area contributed by atoms with Gasteiger partial charge in [0.15, 0.2) is 6.23 Å². The van der Waals surface area contributed by atoms with E-state index in [0.717, 1.165) is 6.07 Å². The molecule has 0 spiro atoms. The first-order valence-corrected chi connectivity index (χ1v) is 3.09. The lowest BCUT2D eigenvalue weighted by molar-refractivity contribution is 0.0371. The van der Waals surface area contributed by atoms with E-state index in [1.807, 2.05) is 0 Å². The van der Waals surface area contributed by atoms with E-state index < -0.39 is 17.5 Å². The minimum absolute atomic E-state index is 0.573. The minimum atomic E-state index is -1.34. The normalized spacial score (nSPS) is 12.9. The third-order valence-corrected chi connectivity index (χ3v) is 1.25. The summed E-state index contributed by atoms with van der Waals surface area (Å²) in [5.41, 5.74) is -1.24. The van der Waals surface area contributed by atoms with Gasteiger partial charge in [0, 0.05) is 12.3 Å². The zero-order chi connectivity index (χ0) is 8.43. The van der Waals surface area contributed by atoms with Crippen LogP contribution in [0.2, 0.25) is 0 Å². The SMILES string of the molecule is CC([O])n1c(=O)cc[nH]c1=O. The summed E-state index contributed by atoms with van der Waals surface area (Å²) in [5.74, 6) is 0. The van der Waals surface area contributed by atoms with Crippen LogP contribution in [0.1, 0.15) is 13.2 Å². The summed E-state index contributed by atoms with van der Waals surface area (Å²) in [6.07, 6.45) is -0.128. The van der Waals surface area contributed by atoms with E-state index in [1.165, 1.54) is 13.1 Å². The molecule has 11 heavy (non-hydrogen) atoms. The molecule has 0 saturated heterocycles. The van der Waals surface area contributed by atoms with Crippen LogP contribution in [-0.4, -0.2) is 9.55 Å². The Morgan fingerprint density at radius 1 is 1.55 bits per heavy atom. The quantitative estimate of drug-likeness (QED) is 0.592. The van der Waals surface area contributed by atoms with Gasteiger partial charge < -0.3 is 4.98 Å². The van der Waals surface area contributed by atoms with Gasteiger partial charge in [-0.25, -0.2) is 14.5 Å².